The fourth-order valence-electron chi connectivity index (χ4n) is 8.11. The molecule has 4 bridgehead atoms. The molecule has 5 aliphatic rings. The molecule has 4 aliphatic carbocycles. The van der Waals surface area contributed by atoms with Crippen molar-refractivity contribution in [1.82, 2.24) is 4.90 Å². The summed E-state index contributed by atoms with van der Waals surface area (Å²) in [6, 6.07) is 15.5. The highest BCUT2D eigenvalue weighted by Gasteiger charge is 2.53. The molecule has 1 N–H and O–H groups in total. The van der Waals surface area contributed by atoms with Gasteiger partial charge in [0, 0.05) is 50.1 Å². The topological polar surface area (TPSA) is 78.7 Å². The lowest BCUT2D eigenvalue weighted by molar-refractivity contribution is -0.384. The summed E-state index contributed by atoms with van der Waals surface area (Å²) in [5.74, 6) is 2.54. The number of anilines is 2. The predicted molar refractivity (Wildman–Crippen MR) is 151 cm³/mol. The number of nitro benzene ring substituents is 1. The zero-order chi connectivity index (χ0) is 26.3. The van der Waals surface area contributed by atoms with E-state index in [2.05, 4.69) is 17.1 Å². The highest BCUT2D eigenvalue weighted by molar-refractivity contribution is 5.92. The van der Waals surface area contributed by atoms with E-state index >= 15 is 0 Å². The molecule has 1 aliphatic heterocycles. The van der Waals surface area contributed by atoms with Gasteiger partial charge in [0.1, 0.15) is 5.69 Å². The molecule has 4 saturated carbocycles. The molecule has 38 heavy (non-hydrogen) atoms. The van der Waals surface area contributed by atoms with Crippen molar-refractivity contribution in [3.63, 3.8) is 0 Å². The Hall–Kier alpha value is -3.35. The second-order valence-electron chi connectivity index (χ2n) is 12.2. The van der Waals surface area contributed by atoms with Crippen LogP contribution in [0.1, 0.15) is 51.0 Å². The van der Waals surface area contributed by atoms with Crippen molar-refractivity contribution in [2.45, 2.75) is 51.5 Å². The van der Waals surface area contributed by atoms with Crippen LogP contribution in [0.2, 0.25) is 0 Å². The van der Waals surface area contributed by atoms with E-state index in [1.165, 1.54) is 38.5 Å². The van der Waals surface area contributed by atoms with E-state index in [0.29, 0.717) is 31.9 Å². The van der Waals surface area contributed by atoms with E-state index in [9.17, 15) is 14.9 Å². The summed E-state index contributed by atoms with van der Waals surface area (Å²) in [6.45, 7) is 4.90. The molecular weight excluding hydrogens is 476 g/mol. The standard InChI is InChI=1S/C31H38N4O3/c1-22(31-19-24-15-25(20-31)17-26(16-24)21-31)32-28-18-27(8-9-29(28)35(37)38)33-11-13-34(14-12-33)30(36)10-7-23-5-3-2-4-6-23/h2-10,18,22,24-26,32H,11-17,19-21H2,1H3/b10-7+. The van der Waals surface area contributed by atoms with Crippen LogP contribution in [0.15, 0.2) is 54.6 Å². The maximum Gasteiger partial charge on any atom is 0.292 e. The van der Waals surface area contributed by atoms with Gasteiger partial charge in [0.15, 0.2) is 0 Å². The number of nitro groups is 1. The molecule has 5 fully saturated rings. The van der Waals surface area contributed by atoms with Gasteiger partial charge in [-0.2, -0.15) is 0 Å². The highest BCUT2D eigenvalue weighted by Crippen LogP contribution is 2.61. The number of carbonyl (C=O) groups excluding carboxylic acids is 1. The third-order valence-corrected chi connectivity index (χ3v) is 9.73. The Labute approximate surface area is 225 Å². The van der Waals surface area contributed by atoms with Gasteiger partial charge in [-0.15, -0.1) is 0 Å². The van der Waals surface area contributed by atoms with Gasteiger partial charge in [0.25, 0.3) is 5.69 Å². The fourth-order valence-corrected chi connectivity index (χ4v) is 8.11. The summed E-state index contributed by atoms with van der Waals surface area (Å²) in [4.78, 5) is 28.5. The van der Waals surface area contributed by atoms with Crippen LogP contribution in [0.5, 0.6) is 0 Å². The largest absolute Gasteiger partial charge is 0.376 e. The molecule has 200 valence electrons. The number of benzene rings is 2. The van der Waals surface area contributed by atoms with Gasteiger partial charge in [-0.1, -0.05) is 30.3 Å². The summed E-state index contributed by atoms with van der Waals surface area (Å²) >= 11 is 0. The van der Waals surface area contributed by atoms with E-state index in [1.54, 1.807) is 12.1 Å². The lowest BCUT2D eigenvalue weighted by Gasteiger charge is -2.59. The van der Waals surface area contributed by atoms with Crippen molar-refractivity contribution in [2.75, 3.05) is 36.4 Å². The SMILES string of the molecule is CC(Nc1cc(N2CCN(C(=O)/C=C/c3ccccc3)CC2)ccc1[N+](=O)[O-])C12CC3CC(CC(C3)C1)C2. The maximum atomic E-state index is 12.7. The van der Waals surface area contributed by atoms with Crippen molar-refractivity contribution in [1.29, 1.82) is 0 Å². The van der Waals surface area contributed by atoms with Crippen LogP contribution in [-0.4, -0.2) is 48.0 Å². The molecule has 1 atom stereocenters. The summed E-state index contributed by atoms with van der Waals surface area (Å²) in [5.41, 5.74) is 3.01. The molecule has 0 aromatic heterocycles. The fraction of sp³-hybridized carbons (Fsp3) is 0.516. The van der Waals surface area contributed by atoms with Crippen LogP contribution in [0.25, 0.3) is 6.08 Å². The third kappa shape index (κ3) is 4.91. The molecule has 0 spiro atoms. The number of hydrogen-bond acceptors (Lipinski definition) is 5. The van der Waals surface area contributed by atoms with Gasteiger partial charge < -0.3 is 15.1 Å². The van der Waals surface area contributed by atoms with Gasteiger partial charge in [-0.05, 0) is 92.4 Å². The van der Waals surface area contributed by atoms with Gasteiger partial charge >= 0.3 is 0 Å². The van der Waals surface area contributed by atoms with Crippen molar-refractivity contribution < 1.29 is 9.72 Å². The predicted octanol–water partition coefficient (Wildman–Crippen LogP) is 5.97. The van der Waals surface area contributed by atoms with Gasteiger partial charge in [-0.3, -0.25) is 14.9 Å². The Kier molecular flexibility index (Phi) is 6.62. The normalized spacial score (nSPS) is 29.0. The summed E-state index contributed by atoms with van der Waals surface area (Å²) < 4.78 is 0. The molecule has 1 unspecified atom stereocenters. The smallest absolute Gasteiger partial charge is 0.292 e. The lowest BCUT2D eigenvalue weighted by atomic mass is 9.48. The number of piperazine rings is 1. The zero-order valence-electron chi connectivity index (χ0n) is 22.2. The average molecular weight is 515 g/mol. The van der Waals surface area contributed by atoms with Crippen LogP contribution in [0, 0.1) is 33.3 Å². The Bertz CT molecular complexity index is 1180. The first-order valence-corrected chi connectivity index (χ1v) is 14.2. The van der Waals surface area contributed by atoms with Gasteiger partial charge in [0.2, 0.25) is 5.91 Å². The van der Waals surface area contributed by atoms with Crippen molar-refractivity contribution in [3.05, 3.63) is 70.3 Å². The van der Waals surface area contributed by atoms with Crippen molar-refractivity contribution >= 4 is 29.0 Å². The molecule has 7 rings (SSSR count). The molecule has 7 heteroatoms. The van der Waals surface area contributed by atoms with E-state index in [-0.39, 0.29) is 28.0 Å². The molecule has 2 aromatic carbocycles. The molecule has 0 radical (unpaired) electrons. The highest BCUT2D eigenvalue weighted by atomic mass is 16.6. The van der Waals surface area contributed by atoms with Crippen LogP contribution in [0.3, 0.4) is 0 Å². The van der Waals surface area contributed by atoms with Crippen LogP contribution in [-0.2, 0) is 4.79 Å². The molecule has 7 nitrogen and oxygen atoms in total. The van der Waals surface area contributed by atoms with Gasteiger partial charge in [-0.25, -0.2) is 0 Å². The number of carbonyl (C=O) groups is 1. The van der Waals surface area contributed by atoms with Crippen molar-refractivity contribution in [2.24, 2.45) is 23.2 Å². The van der Waals surface area contributed by atoms with E-state index < -0.39 is 0 Å². The molecule has 1 saturated heterocycles. The quantitative estimate of drug-likeness (QED) is 0.280. The minimum absolute atomic E-state index is 0.0176. The molecule has 2 aromatic rings. The summed E-state index contributed by atoms with van der Waals surface area (Å²) in [5, 5.41) is 15.6. The molecule has 1 amide bonds. The number of hydrogen-bond donors (Lipinski definition) is 1. The number of nitrogens with zero attached hydrogens (tertiary/aromatic N) is 3. The Morgan fingerprint density at radius 1 is 1.00 bits per heavy atom. The van der Waals surface area contributed by atoms with Crippen molar-refractivity contribution in [3.8, 4) is 0 Å². The average Bonchev–Trinajstić information content (AvgIpc) is 2.91. The Morgan fingerprint density at radius 2 is 1.63 bits per heavy atom. The first-order valence-electron chi connectivity index (χ1n) is 14.2. The first kappa shape index (κ1) is 25.0. The third-order valence-electron chi connectivity index (χ3n) is 9.73. The Balaban J connectivity index is 1.13. The zero-order valence-corrected chi connectivity index (χ0v) is 22.2. The second kappa shape index (κ2) is 10.1. The minimum atomic E-state index is -0.270. The number of nitrogens with one attached hydrogen (secondary N) is 1. The summed E-state index contributed by atoms with van der Waals surface area (Å²) in [7, 11) is 0. The molecule has 1 heterocycles. The Morgan fingerprint density at radius 3 is 2.24 bits per heavy atom. The van der Waals surface area contributed by atoms with E-state index in [0.717, 1.165) is 29.0 Å². The van der Waals surface area contributed by atoms with E-state index in [1.807, 2.05) is 53.4 Å². The summed E-state index contributed by atoms with van der Waals surface area (Å²) in [6.07, 6.45) is 11.4. The van der Waals surface area contributed by atoms with Gasteiger partial charge in [0.05, 0.1) is 4.92 Å². The monoisotopic (exact) mass is 514 g/mol. The number of amides is 1. The first-order chi connectivity index (χ1) is 18.4. The number of rotatable bonds is 7. The van der Waals surface area contributed by atoms with E-state index in [4.69, 9.17) is 0 Å². The van der Waals surface area contributed by atoms with Crippen LogP contribution in [0.4, 0.5) is 17.1 Å². The minimum Gasteiger partial charge on any atom is -0.376 e. The van der Waals surface area contributed by atoms with Crippen LogP contribution < -0.4 is 10.2 Å². The molecular formula is C31H38N4O3. The second-order valence-corrected chi connectivity index (χ2v) is 12.2. The van der Waals surface area contributed by atoms with Crippen LogP contribution >= 0.6 is 0 Å². The maximum absolute atomic E-state index is 12.7. The lowest BCUT2D eigenvalue weighted by Crippen LogP contribution is -2.53.